The van der Waals surface area contributed by atoms with Gasteiger partial charge in [-0.3, -0.25) is 9.20 Å². The Kier molecular flexibility index (Phi) is 5.67. The van der Waals surface area contributed by atoms with E-state index in [1.165, 1.54) is 22.2 Å². The van der Waals surface area contributed by atoms with Gasteiger partial charge in [0, 0.05) is 11.8 Å². The van der Waals surface area contributed by atoms with Crippen LogP contribution in [0.25, 0.3) is 5.65 Å². The standard InChI is InChI=1S/C18H21N5OS/c1-22(2)15(14-8-4-3-5-9-14)12-19-17(24)13-25-18-21-20-16-10-6-7-11-23(16)18/h3-11,15H,12-13H2,1-2H3,(H,19,24)/p+1/t15-/m1/s1. The molecule has 7 heteroatoms. The fraction of sp³-hybridized carbons (Fsp3) is 0.278. The number of aromatic nitrogens is 3. The highest BCUT2D eigenvalue weighted by Crippen LogP contribution is 2.16. The third-order valence-corrected chi connectivity index (χ3v) is 4.96. The summed E-state index contributed by atoms with van der Waals surface area (Å²) in [6, 6.07) is 16.2. The summed E-state index contributed by atoms with van der Waals surface area (Å²) < 4.78 is 1.88. The lowest BCUT2D eigenvalue weighted by molar-refractivity contribution is -0.890. The zero-order chi connectivity index (χ0) is 17.6. The zero-order valence-corrected chi connectivity index (χ0v) is 15.2. The van der Waals surface area contributed by atoms with Crippen molar-refractivity contribution < 1.29 is 9.69 Å². The van der Waals surface area contributed by atoms with Crippen molar-refractivity contribution in [1.82, 2.24) is 19.9 Å². The maximum atomic E-state index is 12.2. The summed E-state index contributed by atoms with van der Waals surface area (Å²) in [5.74, 6) is 0.319. The van der Waals surface area contributed by atoms with Crippen molar-refractivity contribution in [1.29, 1.82) is 0 Å². The largest absolute Gasteiger partial charge is 0.349 e. The lowest BCUT2D eigenvalue weighted by atomic mass is 10.1. The molecule has 2 heterocycles. The second-order valence-electron chi connectivity index (χ2n) is 6.04. The lowest BCUT2D eigenvalue weighted by Gasteiger charge is -2.22. The molecule has 1 atom stereocenters. The molecular weight excluding hydrogens is 334 g/mol. The van der Waals surface area contributed by atoms with E-state index in [0.717, 1.165) is 10.8 Å². The van der Waals surface area contributed by atoms with Crippen molar-refractivity contribution in [2.75, 3.05) is 26.4 Å². The van der Waals surface area contributed by atoms with Crippen LogP contribution < -0.4 is 10.2 Å². The van der Waals surface area contributed by atoms with Gasteiger partial charge in [-0.15, -0.1) is 10.2 Å². The second-order valence-corrected chi connectivity index (χ2v) is 6.99. The highest BCUT2D eigenvalue weighted by atomic mass is 32.2. The average molecular weight is 356 g/mol. The normalized spacial score (nSPS) is 12.4. The SMILES string of the molecule is C[NH+](C)[C@H](CNC(=O)CSc1nnc2ccccn12)c1ccccc1. The van der Waals surface area contributed by atoms with Crippen LogP contribution in [0, 0.1) is 0 Å². The van der Waals surface area contributed by atoms with Gasteiger partial charge >= 0.3 is 0 Å². The van der Waals surface area contributed by atoms with Crippen LogP contribution in [0.3, 0.4) is 0 Å². The van der Waals surface area contributed by atoms with Gasteiger partial charge in [-0.1, -0.05) is 48.2 Å². The van der Waals surface area contributed by atoms with E-state index >= 15 is 0 Å². The Morgan fingerprint density at radius 3 is 2.68 bits per heavy atom. The van der Waals surface area contributed by atoms with E-state index in [1.54, 1.807) is 0 Å². The Balaban J connectivity index is 1.55. The minimum atomic E-state index is -0.000128. The minimum Gasteiger partial charge on any atom is -0.349 e. The minimum absolute atomic E-state index is 0.000128. The first kappa shape index (κ1) is 17.4. The molecule has 0 radical (unpaired) electrons. The van der Waals surface area contributed by atoms with Crippen LogP contribution >= 0.6 is 11.8 Å². The maximum Gasteiger partial charge on any atom is 0.230 e. The smallest absolute Gasteiger partial charge is 0.230 e. The quantitative estimate of drug-likeness (QED) is 0.616. The van der Waals surface area contributed by atoms with Gasteiger partial charge in [0.1, 0.15) is 6.04 Å². The number of rotatable bonds is 7. The molecule has 6 nitrogen and oxygen atoms in total. The molecule has 2 N–H and O–H groups in total. The zero-order valence-electron chi connectivity index (χ0n) is 14.3. The molecule has 0 bridgehead atoms. The Bertz CT molecular complexity index is 834. The molecule has 1 amide bonds. The summed E-state index contributed by atoms with van der Waals surface area (Å²) >= 11 is 1.39. The number of amides is 1. The van der Waals surface area contributed by atoms with E-state index in [4.69, 9.17) is 0 Å². The molecule has 0 saturated heterocycles. The number of nitrogens with zero attached hydrogens (tertiary/aromatic N) is 3. The molecule has 0 aliphatic heterocycles. The first-order chi connectivity index (χ1) is 12.1. The molecule has 0 aliphatic rings. The average Bonchev–Trinajstić information content (AvgIpc) is 3.04. The van der Waals surface area contributed by atoms with Gasteiger partial charge in [0.25, 0.3) is 0 Å². The second kappa shape index (κ2) is 8.13. The summed E-state index contributed by atoms with van der Waals surface area (Å²) in [6.45, 7) is 0.603. The van der Waals surface area contributed by atoms with E-state index in [1.807, 2.05) is 47.0 Å². The van der Waals surface area contributed by atoms with Gasteiger partial charge in [0.15, 0.2) is 10.8 Å². The topological polar surface area (TPSA) is 63.7 Å². The molecule has 0 saturated carbocycles. The number of carbonyl (C=O) groups is 1. The van der Waals surface area contributed by atoms with Gasteiger partial charge in [-0.25, -0.2) is 0 Å². The summed E-state index contributed by atoms with van der Waals surface area (Å²) in [5.41, 5.74) is 2.00. The summed E-state index contributed by atoms with van der Waals surface area (Å²) in [5, 5.41) is 12.0. The number of nitrogens with one attached hydrogen (secondary N) is 2. The van der Waals surface area contributed by atoms with E-state index in [0.29, 0.717) is 12.3 Å². The van der Waals surface area contributed by atoms with Crippen LogP contribution in [-0.4, -0.2) is 46.9 Å². The molecule has 0 aliphatic carbocycles. The van der Waals surface area contributed by atoms with Crippen LogP contribution in [0.4, 0.5) is 0 Å². The van der Waals surface area contributed by atoms with E-state index in [-0.39, 0.29) is 11.9 Å². The Hall–Kier alpha value is -2.38. The molecular formula is C18H22N5OS+. The van der Waals surface area contributed by atoms with E-state index < -0.39 is 0 Å². The Labute approximate surface area is 151 Å². The monoisotopic (exact) mass is 356 g/mol. The fourth-order valence-corrected chi connectivity index (χ4v) is 3.41. The number of thioether (sulfide) groups is 1. The first-order valence-electron chi connectivity index (χ1n) is 8.19. The van der Waals surface area contributed by atoms with Crippen molar-refractivity contribution >= 4 is 23.3 Å². The van der Waals surface area contributed by atoms with Gasteiger partial charge in [0.2, 0.25) is 5.91 Å². The van der Waals surface area contributed by atoms with Crippen molar-refractivity contribution in [2.45, 2.75) is 11.2 Å². The highest BCUT2D eigenvalue weighted by molar-refractivity contribution is 7.99. The molecule has 130 valence electrons. The van der Waals surface area contributed by atoms with Crippen molar-refractivity contribution in [3.05, 3.63) is 60.3 Å². The third-order valence-electron chi connectivity index (χ3n) is 4.02. The number of quaternary nitrogens is 1. The number of hydrogen-bond donors (Lipinski definition) is 2. The molecule has 0 unspecified atom stereocenters. The molecule has 1 aromatic carbocycles. The summed E-state index contributed by atoms with van der Waals surface area (Å²) in [7, 11) is 4.20. The van der Waals surface area contributed by atoms with E-state index in [9.17, 15) is 4.79 Å². The van der Waals surface area contributed by atoms with Crippen LogP contribution in [0.1, 0.15) is 11.6 Å². The fourth-order valence-electron chi connectivity index (χ4n) is 2.66. The van der Waals surface area contributed by atoms with Crippen molar-refractivity contribution in [3.63, 3.8) is 0 Å². The number of benzene rings is 1. The molecule has 25 heavy (non-hydrogen) atoms. The predicted molar refractivity (Wildman–Crippen MR) is 98.7 cm³/mol. The Morgan fingerprint density at radius 1 is 1.16 bits per heavy atom. The van der Waals surface area contributed by atoms with Gasteiger partial charge in [-0.2, -0.15) is 0 Å². The molecule has 3 aromatic rings. The maximum absolute atomic E-state index is 12.2. The van der Waals surface area contributed by atoms with Gasteiger partial charge < -0.3 is 10.2 Å². The number of hydrogen-bond acceptors (Lipinski definition) is 4. The number of fused-ring (bicyclic) bond motifs is 1. The molecule has 0 fully saturated rings. The first-order valence-corrected chi connectivity index (χ1v) is 9.18. The van der Waals surface area contributed by atoms with Crippen LogP contribution in [0.2, 0.25) is 0 Å². The third kappa shape index (κ3) is 4.37. The molecule has 3 rings (SSSR count). The van der Waals surface area contributed by atoms with Crippen LogP contribution in [-0.2, 0) is 4.79 Å². The van der Waals surface area contributed by atoms with Gasteiger partial charge in [-0.05, 0) is 12.1 Å². The summed E-state index contributed by atoms with van der Waals surface area (Å²) in [4.78, 5) is 13.5. The van der Waals surface area contributed by atoms with E-state index in [2.05, 4.69) is 41.7 Å². The Morgan fingerprint density at radius 2 is 1.92 bits per heavy atom. The predicted octanol–water partition coefficient (Wildman–Crippen LogP) is 0.823. The summed E-state index contributed by atoms with van der Waals surface area (Å²) in [6.07, 6.45) is 1.90. The van der Waals surface area contributed by atoms with Gasteiger partial charge in [0.05, 0.1) is 26.4 Å². The number of pyridine rings is 1. The van der Waals surface area contributed by atoms with Crippen molar-refractivity contribution in [2.24, 2.45) is 0 Å². The van der Waals surface area contributed by atoms with Crippen LogP contribution in [0.15, 0.2) is 59.9 Å². The van der Waals surface area contributed by atoms with Crippen LogP contribution in [0.5, 0.6) is 0 Å². The molecule has 2 aromatic heterocycles. The van der Waals surface area contributed by atoms with Crippen molar-refractivity contribution in [3.8, 4) is 0 Å². The lowest BCUT2D eigenvalue weighted by Crippen LogP contribution is -3.07. The molecule has 0 spiro atoms. The number of likely N-dealkylation sites (N-methyl/N-ethyl adjacent to an activating group) is 1. The highest BCUT2D eigenvalue weighted by Gasteiger charge is 2.18. The number of carbonyl (C=O) groups excluding carboxylic acids is 1.